The van der Waals surface area contributed by atoms with Crippen molar-refractivity contribution in [2.75, 3.05) is 0 Å². The van der Waals surface area contributed by atoms with Crippen LogP contribution in [-0.2, 0) is 7.05 Å². The molecule has 0 aliphatic carbocycles. The van der Waals surface area contributed by atoms with Crippen molar-refractivity contribution in [3.8, 4) is 22.4 Å². The Morgan fingerprint density at radius 1 is 0.793 bits per heavy atom. The molecule has 152 valence electrons. The van der Waals surface area contributed by atoms with Gasteiger partial charge in [-0.3, -0.25) is 0 Å². The maximum absolute atomic E-state index is 9.43. The number of aryl methyl sites for hydroxylation is 2. The average Bonchev–Trinajstić information content (AvgIpc) is 2.67. The highest BCUT2D eigenvalue weighted by Crippen LogP contribution is 2.47. The maximum atomic E-state index is 9.43. The van der Waals surface area contributed by atoms with Gasteiger partial charge in [0.25, 0.3) is 0 Å². The van der Waals surface area contributed by atoms with Crippen LogP contribution in [0.3, 0.4) is 0 Å². The topological polar surface area (TPSA) is 3.88 Å². The Morgan fingerprint density at radius 3 is 1.93 bits per heavy atom. The highest BCUT2D eigenvalue weighted by Gasteiger charge is 2.35. The van der Waals surface area contributed by atoms with Crippen molar-refractivity contribution < 1.29 is 5.94 Å². The van der Waals surface area contributed by atoms with E-state index in [2.05, 4.69) is 127 Å². The van der Waals surface area contributed by atoms with E-state index >= 15 is 0 Å². The molecule has 0 unspecified atom stereocenters. The summed E-state index contributed by atoms with van der Waals surface area (Å²) in [4.78, 5) is 0. The number of rotatable bonds is 3. The number of hydrogen-bond acceptors (Lipinski definition) is 0. The van der Waals surface area contributed by atoms with E-state index in [9.17, 15) is 1.37 Å². The molecule has 0 radical (unpaired) electrons. The van der Waals surface area contributed by atoms with Gasteiger partial charge < -0.3 is 0 Å². The van der Waals surface area contributed by atoms with E-state index < -0.39 is 5.89 Å². The summed E-state index contributed by atoms with van der Waals surface area (Å²) >= 11 is 0. The maximum Gasteiger partial charge on any atom is 0.213 e. The van der Waals surface area contributed by atoms with Crippen molar-refractivity contribution in [1.29, 1.82) is 0 Å². The SMILES string of the molecule is [2H]C(c1ccc(-c2cc[n+](C)c(-c3ccccc3C)c2)cc1)(C(C)(C)C)C(C)(C)C. The van der Waals surface area contributed by atoms with Gasteiger partial charge in [-0.1, -0.05) is 84.0 Å². The van der Waals surface area contributed by atoms with E-state index in [0.29, 0.717) is 0 Å². The van der Waals surface area contributed by atoms with Gasteiger partial charge in [-0.05, 0) is 52.0 Å². The summed E-state index contributed by atoms with van der Waals surface area (Å²) in [6, 6.07) is 21.6. The number of hydrogen-bond donors (Lipinski definition) is 0. The fourth-order valence-corrected chi connectivity index (χ4v) is 4.70. The lowest BCUT2D eigenvalue weighted by Gasteiger charge is -2.41. The van der Waals surface area contributed by atoms with Gasteiger partial charge in [-0.25, -0.2) is 4.57 Å². The molecule has 3 rings (SSSR count). The zero-order valence-corrected chi connectivity index (χ0v) is 19.3. The van der Waals surface area contributed by atoms with Gasteiger partial charge in [0.15, 0.2) is 6.20 Å². The van der Waals surface area contributed by atoms with E-state index in [1.54, 1.807) is 0 Å². The lowest BCUT2D eigenvalue weighted by molar-refractivity contribution is -0.660. The second-order valence-corrected chi connectivity index (χ2v) is 10.2. The zero-order chi connectivity index (χ0) is 22.3. The molecule has 0 fully saturated rings. The highest BCUT2D eigenvalue weighted by atomic mass is 14.9. The molecule has 29 heavy (non-hydrogen) atoms. The van der Waals surface area contributed by atoms with Crippen LogP contribution in [0.2, 0.25) is 0 Å². The molecular weight excluding hydrogens is 350 g/mol. The van der Waals surface area contributed by atoms with Gasteiger partial charge in [0.1, 0.15) is 7.05 Å². The van der Waals surface area contributed by atoms with E-state index in [1.807, 2.05) is 0 Å². The van der Waals surface area contributed by atoms with E-state index in [0.717, 1.165) is 5.56 Å². The zero-order valence-electron chi connectivity index (χ0n) is 20.3. The fourth-order valence-electron chi connectivity index (χ4n) is 4.70. The van der Waals surface area contributed by atoms with Crippen molar-refractivity contribution in [3.05, 3.63) is 78.0 Å². The number of aromatic nitrogens is 1. The lowest BCUT2D eigenvalue weighted by Crippen LogP contribution is -2.30. The van der Waals surface area contributed by atoms with Crippen LogP contribution in [0.5, 0.6) is 0 Å². The molecule has 1 heterocycles. The summed E-state index contributed by atoms with van der Waals surface area (Å²) in [5, 5.41) is 0. The summed E-state index contributed by atoms with van der Waals surface area (Å²) in [7, 11) is 2.09. The van der Waals surface area contributed by atoms with Crippen molar-refractivity contribution in [2.45, 2.75) is 54.4 Å². The van der Waals surface area contributed by atoms with Crippen molar-refractivity contribution in [2.24, 2.45) is 17.9 Å². The van der Waals surface area contributed by atoms with Crippen LogP contribution in [0.15, 0.2) is 66.9 Å². The number of nitrogens with zero attached hydrogens (tertiary/aromatic N) is 1. The minimum Gasteiger partial charge on any atom is -0.201 e. The summed E-state index contributed by atoms with van der Waals surface area (Å²) < 4.78 is 11.6. The smallest absolute Gasteiger partial charge is 0.201 e. The normalized spacial score (nSPS) is 13.3. The Bertz CT molecular complexity index is 1020. The van der Waals surface area contributed by atoms with Crippen LogP contribution in [0.4, 0.5) is 0 Å². The van der Waals surface area contributed by atoms with Gasteiger partial charge in [-0.2, -0.15) is 0 Å². The predicted octanol–water partition coefficient (Wildman–Crippen LogP) is 7.33. The molecular formula is C28H36N+. The van der Waals surface area contributed by atoms with Gasteiger partial charge in [0, 0.05) is 19.1 Å². The van der Waals surface area contributed by atoms with Crippen LogP contribution >= 0.6 is 0 Å². The van der Waals surface area contributed by atoms with Crippen LogP contribution in [0.1, 0.15) is 59.9 Å². The molecule has 0 aliphatic rings. The van der Waals surface area contributed by atoms with Gasteiger partial charge in [0.2, 0.25) is 5.69 Å². The Hall–Kier alpha value is -2.41. The molecule has 0 saturated heterocycles. The summed E-state index contributed by atoms with van der Waals surface area (Å²) in [6.07, 6.45) is 2.13. The first-order valence-corrected chi connectivity index (χ1v) is 10.5. The van der Waals surface area contributed by atoms with E-state index in [-0.39, 0.29) is 10.8 Å². The van der Waals surface area contributed by atoms with Crippen molar-refractivity contribution in [3.63, 3.8) is 0 Å². The molecule has 0 saturated carbocycles. The van der Waals surface area contributed by atoms with Crippen LogP contribution < -0.4 is 4.57 Å². The third kappa shape index (κ3) is 4.61. The van der Waals surface area contributed by atoms with Gasteiger partial charge in [0.05, 0.1) is 0 Å². The molecule has 1 nitrogen and oxygen atoms in total. The van der Waals surface area contributed by atoms with Gasteiger partial charge in [-0.15, -0.1) is 0 Å². The number of benzene rings is 2. The molecule has 0 bridgehead atoms. The van der Waals surface area contributed by atoms with Crippen molar-refractivity contribution in [1.82, 2.24) is 0 Å². The summed E-state index contributed by atoms with van der Waals surface area (Å²) in [5.74, 6) is -0.687. The van der Waals surface area contributed by atoms with Crippen LogP contribution in [0, 0.1) is 17.8 Å². The monoisotopic (exact) mass is 387 g/mol. The van der Waals surface area contributed by atoms with E-state index in [4.69, 9.17) is 0 Å². The molecule has 0 aliphatic heterocycles. The van der Waals surface area contributed by atoms with Gasteiger partial charge >= 0.3 is 0 Å². The molecule has 1 aromatic heterocycles. The second kappa shape index (κ2) is 7.78. The molecule has 2 aromatic carbocycles. The fraction of sp³-hybridized carbons (Fsp3) is 0.393. The lowest BCUT2D eigenvalue weighted by atomic mass is 9.63. The number of pyridine rings is 1. The van der Waals surface area contributed by atoms with E-state index in [1.165, 1.54) is 27.9 Å². The average molecular weight is 388 g/mol. The minimum atomic E-state index is -0.687. The third-order valence-electron chi connectivity index (χ3n) is 5.58. The highest BCUT2D eigenvalue weighted by molar-refractivity contribution is 5.70. The predicted molar refractivity (Wildman–Crippen MR) is 125 cm³/mol. The Morgan fingerprint density at radius 2 is 1.38 bits per heavy atom. The largest absolute Gasteiger partial charge is 0.213 e. The summed E-state index contributed by atoms with van der Waals surface area (Å²) in [5.41, 5.74) is 6.83. The molecule has 3 aromatic rings. The molecule has 1 heteroatoms. The second-order valence-electron chi connectivity index (χ2n) is 10.2. The molecule has 0 amide bonds. The molecule has 0 atom stereocenters. The Balaban J connectivity index is 2.06. The molecule has 0 spiro atoms. The summed E-state index contributed by atoms with van der Waals surface area (Å²) in [6.45, 7) is 15.2. The van der Waals surface area contributed by atoms with Crippen LogP contribution in [-0.4, -0.2) is 0 Å². The molecule has 0 N–H and O–H groups in total. The Kier molecular flexibility index (Phi) is 5.34. The first-order valence-electron chi connectivity index (χ1n) is 11.0. The van der Waals surface area contributed by atoms with Crippen molar-refractivity contribution >= 4 is 0 Å². The first-order chi connectivity index (χ1) is 13.9. The first kappa shape index (κ1) is 19.9. The standard InChI is InChI=1S/C28H36N/c1-20-11-9-10-12-24(20)25-19-23(17-18-29(25)8)21-13-15-22(16-14-21)26(27(2,3)4)28(5,6)7/h9-19,26H,1-8H3/q+1/i26D. The third-order valence-corrected chi connectivity index (χ3v) is 5.58. The van der Waals surface area contributed by atoms with Crippen LogP contribution in [0.25, 0.3) is 22.4 Å². The quantitative estimate of drug-likeness (QED) is 0.414. The minimum absolute atomic E-state index is 0.175. The Labute approximate surface area is 178 Å².